The van der Waals surface area contributed by atoms with Crippen LogP contribution in [0.1, 0.15) is 0 Å². The predicted molar refractivity (Wildman–Crippen MR) is 77.0 cm³/mol. The molecule has 0 saturated heterocycles. The molecule has 0 saturated carbocycles. The summed E-state index contributed by atoms with van der Waals surface area (Å²) in [5.74, 6) is -2.66. The average molecular weight is 320 g/mol. The maximum atomic E-state index is 14.2. The number of ether oxygens (including phenoxy) is 2. The fourth-order valence-corrected chi connectivity index (χ4v) is 2.13. The molecule has 3 aromatic rings. The van der Waals surface area contributed by atoms with E-state index in [4.69, 9.17) is 9.47 Å². The Kier molecular flexibility index (Phi) is 3.92. The summed E-state index contributed by atoms with van der Waals surface area (Å²) < 4.78 is 51.6. The summed E-state index contributed by atoms with van der Waals surface area (Å²) in [5.41, 5.74) is 0.674. The number of hydrogen-bond acceptors (Lipinski definition) is 3. The van der Waals surface area contributed by atoms with Crippen molar-refractivity contribution in [1.29, 1.82) is 0 Å². The van der Waals surface area contributed by atoms with Gasteiger partial charge < -0.3 is 9.47 Å². The molecule has 23 heavy (non-hydrogen) atoms. The highest BCUT2D eigenvalue weighted by Gasteiger charge is 2.20. The molecule has 7 heteroatoms. The zero-order chi connectivity index (χ0) is 16.4. The van der Waals surface area contributed by atoms with Crippen molar-refractivity contribution >= 4 is 0 Å². The van der Waals surface area contributed by atoms with Crippen molar-refractivity contribution in [3.05, 3.63) is 60.0 Å². The molecule has 0 aliphatic carbocycles. The topological polar surface area (TPSA) is 47.1 Å². The van der Waals surface area contributed by atoms with Gasteiger partial charge in [0.25, 0.3) is 0 Å². The number of benzene rings is 2. The van der Waals surface area contributed by atoms with Crippen molar-refractivity contribution in [2.75, 3.05) is 7.11 Å². The van der Waals surface area contributed by atoms with E-state index in [0.717, 1.165) is 18.2 Å². The number of hydrogen-bond donors (Lipinski definition) is 1. The minimum atomic E-state index is -0.942. The third-order valence-electron chi connectivity index (χ3n) is 3.17. The molecule has 1 aromatic heterocycles. The van der Waals surface area contributed by atoms with Crippen LogP contribution >= 0.6 is 0 Å². The van der Waals surface area contributed by atoms with Crippen LogP contribution in [0.4, 0.5) is 13.2 Å². The number of halogens is 3. The fourth-order valence-electron chi connectivity index (χ4n) is 2.13. The molecular formula is C16H11F3N2O2. The lowest BCUT2D eigenvalue weighted by atomic mass is 10.1. The molecule has 0 atom stereocenters. The molecule has 0 aliphatic rings. The lowest BCUT2D eigenvalue weighted by Crippen LogP contribution is -1.98. The first-order chi connectivity index (χ1) is 11.1. The summed E-state index contributed by atoms with van der Waals surface area (Å²) in [5, 5.41) is 6.47. The van der Waals surface area contributed by atoms with Gasteiger partial charge in [-0.05, 0) is 30.3 Å². The van der Waals surface area contributed by atoms with Crippen LogP contribution in [-0.4, -0.2) is 17.3 Å². The van der Waals surface area contributed by atoms with Crippen LogP contribution in [0, 0.1) is 17.5 Å². The number of methoxy groups -OCH3 is 1. The van der Waals surface area contributed by atoms with E-state index in [2.05, 4.69) is 10.2 Å². The standard InChI is InChI=1S/C16H11F3N2O2/c1-22-14-5-3-10(18)16(15(14)12-6-7-20-21-12)23-13-4-2-9(17)8-11(13)19/h2-8H,1H3,(H,20,21). The fraction of sp³-hybridized carbons (Fsp3) is 0.0625. The van der Waals surface area contributed by atoms with E-state index in [0.29, 0.717) is 17.5 Å². The second-order valence-corrected chi connectivity index (χ2v) is 4.60. The predicted octanol–water partition coefficient (Wildman–Crippen LogP) is 4.29. The van der Waals surface area contributed by atoms with Gasteiger partial charge in [0.1, 0.15) is 11.6 Å². The Bertz CT molecular complexity index is 836. The van der Waals surface area contributed by atoms with Crippen LogP contribution in [-0.2, 0) is 0 Å². The first-order valence-electron chi connectivity index (χ1n) is 6.59. The number of aromatic nitrogens is 2. The molecule has 3 rings (SSSR count). The van der Waals surface area contributed by atoms with Crippen molar-refractivity contribution < 1.29 is 22.6 Å². The van der Waals surface area contributed by atoms with Gasteiger partial charge >= 0.3 is 0 Å². The van der Waals surface area contributed by atoms with Crippen molar-refractivity contribution in [3.8, 4) is 28.5 Å². The van der Waals surface area contributed by atoms with Gasteiger partial charge in [0.2, 0.25) is 0 Å². The van der Waals surface area contributed by atoms with E-state index in [1.54, 1.807) is 6.07 Å². The quantitative estimate of drug-likeness (QED) is 0.780. The Morgan fingerprint density at radius 2 is 1.74 bits per heavy atom. The molecule has 0 bridgehead atoms. The minimum Gasteiger partial charge on any atom is -0.496 e. The van der Waals surface area contributed by atoms with Crippen LogP contribution in [0.5, 0.6) is 17.2 Å². The number of H-pyrrole nitrogens is 1. The highest BCUT2D eigenvalue weighted by atomic mass is 19.1. The molecule has 0 fully saturated rings. The van der Waals surface area contributed by atoms with Crippen LogP contribution in [0.3, 0.4) is 0 Å². The SMILES string of the molecule is COc1ccc(F)c(Oc2ccc(F)cc2F)c1-c1ccn[nH]1. The number of rotatable bonds is 4. The lowest BCUT2D eigenvalue weighted by Gasteiger charge is -2.15. The highest BCUT2D eigenvalue weighted by Crippen LogP contribution is 2.41. The molecule has 0 aliphatic heterocycles. The third kappa shape index (κ3) is 2.85. The molecule has 0 radical (unpaired) electrons. The first kappa shape index (κ1) is 15.0. The molecular weight excluding hydrogens is 309 g/mol. The van der Waals surface area contributed by atoms with Gasteiger partial charge in [0, 0.05) is 12.3 Å². The lowest BCUT2D eigenvalue weighted by molar-refractivity contribution is 0.394. The third-order valence-corrected chi connectivity index (χ3v) is 3.17. The molecule has 2 aromatic carbocycles. The average Bonchev–Trinajstić information content (AvgIpc) is 3.05. The van der Waals surface area contributed by atoms with Crippen LogP contribution < -0.4 is 9.47 Å². The second kappa shape index (κ2) is 6.04. The van der Waals surface area contributed by atoms with Gasteiger partial charge in [-0.25, -0.2) is 13.2 Å². The molecule has 0 amide bonds. The van der Waals surface area contributed by atoms with Gasteiger partial charge in [-0.2, -0.15) is 5.10 Å². The Morgan fingerprint density at radius 1 is 0.957 bits per heavy atom. The Balaban J connectivity index is 2.14. The van der Waals surface area contributed by atoms with Gasteiger partial charge in [-0.3, -0.25) is 5.10 Å². The van der Waals surface area contributed by atoms with Crippen molar-refractivity contribution in [1.82, 2.24) is 10.2 Å². The zero-order valence-corrected chi connectivity index (χ0v) is 11.9. The van der Waals surface area contributed by atoms with Crippen molar-refractivity contribution in [2.24, 2.45) is 0 Å². The molecule has 1 heterocycles. The van der Waals surface area contributed by atoms with Crippen LogP contribution in [0.25, 0.3) is 11.3 Å². The van der Waals surface area contributed by atoms with Gasteiger partial charge in [-0.1, -0.05) is 0 Å². The summed E-state index contributed by atoms with van der Waals surface area (Å²) in [6.07, 6.45) is 1.47. The maximum Gasteiger partial charge on any atom is 0.176 e. The monoisotopic (exact) mass is 320 g/mol. The summed E-state index contributed by atoms with van der Waals surface area (Å²) in [6, 6.07) is 6.90. The normalized spacial score (nSPS) is 10.6. The Morgan fingerprint density at radius 3 is 2.39 bits per heavy atom. The second-order valence-electron chi connectivity index (χ2n) is 4.60. The highest BCUT2D eigenvalue weighted by molar-refractivity contribution is 5.74. The summed E-state index contributed by atoms with van der Waals surface area (Å²) in [4.78, 5) is 0. The number of nitrogens with zero attached hydrogens (tertiary/aromatic N) is 1. The van der Waals surface area contributed by atoms with E-state index < -0.39 is 17.5 Å². The molecule has 1 N–H and O–H groups in total. The van der Waals surface area contributed by atoms with Crippen LogP contribution in [0.15, 0.2) is 42.6 Å². The molecule has 118 valence electrons. The molecule has 4 nitrogen and oxygen atoms in total. The van der Waals surface area contributed by atoms with Gasteiger partial charge in [0.15, 0.2) is 23.1 Å². The smallest absolute Gasteiger partial charge is 0.176 e. The van der Waals surface area contributed by atoms with Gasteiger partial charge in [0.05, 0.1) is 18.4 Å². The van der Waals surface area contributed by atoms with E-state index in [-0.39, 0.29) is 17.1 Å². The van der Waals surface area contributed by atoms with E-state index in [9.17, 15) is 13.2 Å². The van der Waals surface area contributed by atoms with Crippen molar-refractivity contribution in [3.63, 3.8) is 0 Å². The molecule has 0 unspecified atom stereocenters. The Hall–Kier alpha value is -2.96. The van der Waals surface area contributed by atoms with E-state index in [1.807, 2.05) is 0 Å². The maximum absolute atomic E-state index is 14.2. The Labute approximate surface area is 129 Å². The number of aromatic amines is 1. The zero-order valence-electron chi connectivity index (χ0n) is 11.9. The summed E-state index contributed by atoms with van der Waals surface area (Å²) in [6.45, 7) is 0. The van der Waals surface area contributed by atoms with E-state index >= 15 is 0 Å². The summed E-state index contributed by atoms with van der Waals surface area (Å²) >= 11 is 0. The van der Waals surface area contributed by atoms with E-state index in [1.165, 1.54) is 19.4 Å². The number of nitrogens with one attached hydrogen (secondary N) is 1. The molecule has 0 spiro atoms. The first-order valence-corrected chi connectivity index (χ1v) is 6.59. The minimum absolute atomic E-state index is 0.244. The summed E-state index contributed by atoms with van der Waals surface area (Å²) in [7, 11) is 1.41. The van der Waals surface area contributed by atoms with Crippen LogP contribution in [0.2, 0.25) is 0 Å². The van der Waals surface area contributed by atoms with Crippen molar-refractivity contribution in [2.45, 2.75) is 0 Å². The largest absolute Gasteiger partial charge is 0.496 e. The van der Waals surface area contributed by atoms with Gasteiger partial charge in [-0.15, -0.1) is 0 Å².